The molecule has 2 rings (SSSR count). The minimum Gasteiger partial charge on any atom is -0.234 e. The summed E-state index contributed by atoms with van der Waals surface area (Å²) in [6.07, 6.45) is 23.7. The van der Waals surface area contributed by atoms with Gasteiger partial charge in [0.15, 0.2) is 0 Å². The van der Waals surface area contributed by atoms with Crippen molar-refractivity contribution in [3.63, 3.8) is 0 Å². The van der Waals surface area contributed by atoms with Crippen LogP contribution in [0.4, 0.5) is 0 Å². The minimum absolute atomic E-state index is 0.996. The molecule has 2 nitrogen and oxygen atoms in total. The van der Waals surface area contributed by atoms with Crippen LogP contribution in [0.15, 0.2) is 42.7 Å². The van der Waals surface area contributed by atoms with Crippen molar-refractivity contribution >= 4 is 0 Å². The highest BCUT2D eigenvalue weighted by atomic mass is 15.1. The van der Waals surface area contributed by atoms with Gasteiger partial charge in [0.1, 0.15) is 18.9 Å². The van der Waals surface area contributed by atoms with E-state index in [1.165, 1.54) is 108 Å². The van der Waals surface area contributed by atoms with E-state index in [0.717, 1.165) is 6.54 Å². The van der Waals surface area contributed by atoms with Crippen LogP contribution in [0.5, 0.6) is 0 Å². The van der Waals surface area contributed by atoms with Crippen molar-refractivity contribution in [2.45, 2.75) is 117 Å². The van der Waals surface area contributed by atoms with Gasteiger partial charge in [-0.15, -0.1) is 0 Å². The molecule has 2 heteroatoms. The van der Waals surface area contributed by atoms with Gasteiger partial charge in [-0.1, -0.05) is 108 Å². The molecule has 162 valence electrons. The first-order valence-electron chi connectivity index (χ1n) is 12.5. The fourth-order valence-corrected chi connectivity index (χ4v) is 4.22. The smallest absolute Gasteiger partial charge is 0.234 e. The Hall–Kier alpha value is -1.57. The molecule has 0 fully saturated rings. The normalized spacial score (nSPS) is 11.2. The summed E-state index contributed by atoms with van der Waals surface area (Å²) >= 11 is 0. The molecule has 1 aromatic carbocycles. The van der Waals surface area contributed by atoms with E-state index in [0.29, 0.717) is 0 Å². The number of imidazole rings is 1. The van der Waals surface area contributed by atoms with Crippen molar-refractivity contribution in [3.8, 4) is 0 Å². The molecular weight excluding hydrogens is 352 g/mol. The van der Waals surface area contributed by atoms with Crippen molar-refractivity contribution in [2.75, 3.05) is 0 Å². The summed E-state index contributed by atoms with van der Waals surface area (Å²) in [7, 11) is 0. The summed E-state index contributed by atoms with van der Waals surface area (Å²) in [5.41, 5.74) is 1.40. The largest absolute Gasteiger partial charge is 0.256 e. The van der Waals surface area contributed by atoms with Crippen LogP contribution in [0.25, 0.3) is 0 Å². The van der Waals surface area contributed by atoms with E-state index in [9.17, 15) is 0 Å². The van der Waals surface area contributed by atoms with Gasteiger partial charge in [0, 0.05) is 6.42 Å². The molecule has 0 atom stereocenters. The standard InChI is InChI=1S/C27H45N2/c1-3-5-7-9-10-11-13-18-22-28-23-24-29(25-26-19-15-14-16-20-26)27(28)21-17-12-8-6-4-2/h14-16,19-20,23-24H,3-13,17-18,21-22,25H2,1-2H3/q+1. The molecule has 0 unspecified atom stereocenters. The molecule has 0 saturated carbocycles. The Morgan fingerprint density at radius 1 is 0.690 bits per heavy atom. The fourth-order valence-electron chi connectivity index (χ4n) is 4.22. The van der Waals surface area contributed by atoms with Crippen molar-refractivity contribution in [1.29, 1.82) is 0 Å². The van der Waals surface area contributed by atoms with E-state index in [1.54, 1.807) is 0 Å². The van der Waals surface area contributed by atoms with Gasteiger partial charge in [-0.2, -0.15) is 0 Å². The topological polar surface area (TPSA) is 8.81 Å². The molecule has 0 spiro atoms. The van der Waals surface area contributed by atoms with Crippen LogP contribution >= 0.6 is 0 Å². The van der Waals surface area contributed by atoms with Crippen molar-refractivity contribution < 1.29 is 4.57 Å². The van der Waals surface area contributed by atoms with Crippen LogP contribution in [0.2, 0.25) is 0 Å². The number of aromatic nitrogens is 2. The Kier molecular flexibility index (Phi) is 12.5. The third-order valence-corrected chi connectivity index (χ3v) is 6.04. The molecule has 0 amide bonds. The van der Waals surface area contributed by atoms with E-state index >= 15 is 0 Å². The van der Waals surface area contributed by atoms with Crippen LogP contribution in [-0.4, -0.2) is 4.57 Å². The van der Waals surface area contributed by atoms with Crippen LogP contribution < -0.4 is 4.57 Å². The van der Waals surface area contributed by atoms with Crippen molar-refractivity contribution in [3.05, 3.63) is 54.1 Å². The lowest BCUT2D eigenvalue weighted by Gasteiger charge is -2.07. The second kappa shape index (κ2) is 15.3. The second-order valence-corrected chi connectivity index (χ2v) is 8.66. The number of benzene rings is 1. The van der Waals surface area contributed by atoms with Gasteiger partial charge < -0.3 is 0 Å². The average Bonchev–Trinajstić information content (AvgIpc) is 3.12. The quantitative estimate of drug-likeness (QED) is 0.193. The van der Waals surface area contributed by atoms with E-state index in [2.05, 4.69) is 65.7 Å². The molecule has 0 aliphatic rings. The zero-order valence-corrected chi connectivity index (χ0v) is 19.2. The number of aryl methyl sites for hydroxylation is 1. The van der Waals surface area contributed by atoms with Crippen LogP contribution in [0.1, 0.15) is 109 Å². The highest BCUT2D eigenvalue weighted by molar-refractivity contribution is 5.15. The number of nitrogens with zero attached hydrogens (tertiary/aromatic N) is 2. The van der Waals surface area contributed by atoms with Crippen LogP contribution in [-0.2, 0) is 19.5 Å². The molecule has 0 radical (unpaired) electrons. The number of hydrogen-bond donors (Lipinski definition) is 0. The lowest BCUT2D eigenvalue weighted by Crippen LogP contribution is -2.37. The molecule has 0 bridgehead atoms. The first-order valence-corrected chi connectivity index (χ1v) is 12.5. The maximum atomic E-state index is 2.54. The first-order chi connectivity index (χ1) is 14.3. The van der Waals surface area contributed by atoms with Gasteiger partial charge >= 0.3 is 0 Å². The maximum absolute atomic E-state index is 2.54. The monoisotopic (exact) mass is 397 g/mol. The first kappa shape index (κ1) is 23.7. The minimum atomic E-state index is 0.996. The van der Waals surface area contributed by atoms with Crippen molar-refractivity contribution in [2.24, 2.45) is 0 Å². The summed E-state index contributed by atoms with van der Waals surface area (Å²) in [6.45, 7) is 6.77. The molecule has 1 aromatic heterocycles. The van der Waals surface area contributed by atoms with E-state index < -0.39 is 0 Å². The van der Waals surface area contributed by atoms with Gasteiger partial charge in [0.2, 0.25) is 0 Å². The highest BCUT2D eigenvalue weighted by Gasteiger charge is 2.16. The third-order valence-electron chi connectivity index (χ3n) is 6.04. The van der Waals surface area contributed by atoms with E-state index in [1.807, 2.05) is 0 Å². The zero-order chi connectivity index (χ0) is 20.6. The molecule has 0 saturated heterocycles. The SMILES string of the molecule is CCCCCCCCCC[n+]1ccn(Cc2ccccc2)c1CCCCCCC. The van der Waals surface area contributed by atoms with E-state index in [-0.39, 0.29) is 0 Å². The number of hydrogen-bond acceptors (Lipinski definition) is 0. The van der Waals surface area contributed by atoms with Gasteiger partial charge in [0.25, 0.3) is 5.82 Å². The zero-order valence-electron chi connectivity index (χ0n) is 19.2. The highest BCUT2D eigenvalue weighted by Crippen LogP contribution is 2.12. The van der Waals surface area contributed by atoms with Gasteiger partial charge in [-0.3, -0.25) is 0 Å². The molecule has 0 N–H and O–H groups in total. The van der Waals surface area contributed by atoms with Gasteiger partial charge in [-0.25, -0.2) is 9.13 Å². The number of rotatable bonds is 17. The van der Waals surface area contributed by atoms with Gasteiger partial charge in [0.05, 0.1) is 6.54 Å². The molecule has 0 aliphatic carbocycles. The summed E-state index contributed by atoms with van der Waals surface area (Å²) in [6, 6.07) is 10.9. The van der Waals surface area contributed by atoms with E-state index in [4.69, 9.17) is 0 Å². The lowest BCUT2D eigenvalue weighted by molar-refractivity contribution is -0.704. The van der Waals surface area contributed by atoms with Gasteiger partial charge in [-0.05, 0) is 24.8 Å². The predicted octanol–water partition coefficient (Wildman–Crippen LogP) is 7.48. The Morgan fingerprint density at radius 2 is 1.28 bits per heavy atom. The predicted molar refractivity (Wildman–Crippen MR) is 125 cm³/mol. The van der Waals surface area contributed by atoms with Crippen molar-refractivity contribution in [1.82, 2.24) is 4.57 Å². The molecule has 1 heterocycles. The summed E-state index contributed by atoms with van der Waals surface area (Å²) in [5, 5.41) is 0. The lowest BCUT2D eigenvalue weighted by atomic mass is 10.1. The fraction of sp³-hybridized carbons (Fsp3) is 0.667. The Morgan fingerprint density at radius 3 is 1.93 bits per heavy atom. The summed E-state index contributed by atoms with van der Waals surface area (Å²) < 4.78 is 5.03. The third kappa shape index (κ3) is 9.65. The van der Waals surface area contributed by atoms with Crippen LogP contribution in [0, 0.1) is 0 Å². The Balaban J connectivity index is 1.84. The summed E-state index contributed by atoms with van der Waals surface area (Å²) in [5.74, 6) is 1.52. The Labute approximate surface area is 180 Å². The molecule has 2 aromatic rings. The molecule has 29 heavy (non-hydrogen) atoms. The molecule has 0 aliphatic heterocycles. The average molecular weight is 398 g/mol. The maximum Gasteiger partial charge on any atom is 0.256 e. The van der Waals surface area contributed by atoms with Crippen LogP contribution in [0.3, 0.4) is 0 Å². The second-order valence-electron chi connectivity index (χ2n) is 8.66. The summed E-state index contributed by atoms with van der Waals surface area (Å²) in [4.78, 5) is 0. The Bertz CT molecular complexity index is 629. The number of unbranched alkanes of at least 4 members (excludes halogenated alkanes) is 11. The molecular formula is C27H45N2+.